The van der Waals surface area contributed by atoms with Crippen molar-refractivity contribution in [2.24, 2.45) is 10.9 Å². The number of rotatable bonds is 6. The second-order valence-corrected chi connectivity index (χ2v) is 9.29. The molecule has 2 heterocycles. The Balaban J connectivity index is 0.00000341. The van der Waals surface area contributed by atoms with Gasteiger partial charge in [0, 0.05) is 38.4 Å². The van der Waals surface area contributed by atoms with E-state index in [9.17, 15) is 4.79 Å². The third-order valence-electron chi connectivity index (χ3n) is 5.44. The van der Waals surface area contributed by atoms with E-state index in [0.717, 1.165) is 50.7 Å². The summed E-state index contributed by atoms with van der Waals surface area (Å²) in [6, 6.07) is 6.13. The monoisotopic (exact) mass is 543 g/mol. The number of aliphatic imine (C=N–C) groups is 1. The van der Waals surface area contributed by atoms with Crippen molar-refractivity contribution in [2.45, 2.75) is 71.6 Å². The second-order valence-electron chi connectivity index (χ2n) is 9.29. The Kier molecular flexibility index (Phi) is 9.84. The fraction of sp³-hybridized carbons (Fsp3) is 0.696. The van der Waals surface area contributed by atoms with Crippen molar-refractivity contribution in [3.8, 4) is 0 Å². The molecule has 174 valence electrons. The van der Waals surface area contributed by atoms with E-state index < -0.39 is 5.60 Å². The van der Waals surface area contributed by atoms with Crippen LogP contribution in [0.15, 0.2) is 29.4 Å². The molecule has 2 fully saturated rings. The van der Waals surface area contributed by atoms with Crippen LogP contribution >= 0.6 is 24.0 Å². The number of amides is 1. The molecular formula is C23H38IN5O2. The molecule has 1 saturated heterocycles. The molecule has 8 heteroatoms. The number of nitrogens with one attached hydrogen (secondary N) is 1. The van der Waals surface area contributed by atoms with Gasteiger partial charge >= 0.3 is 6.09 Å². The zero-order valence-corrected chi connectivity index (χ0v) is 21.7. The summed E-state index contributed by atoms with van der Waals surface area (Å²) in [4.78, 5) is 26.3. The highest BCUT2D eigenvalue weighted by Crippen LogP contribution is 2.32. The number of carbonyl (C=O) groups excluding carboxylic acids is 1. The summed E-state index contributed by atoms with van der Waals surface area (Å²) in [5.41, 5.74) is 0.499. The molecule has 1 saturated carbocycles. The van der Waals surface area contributed by atoms with Gasteiger partial charge in [0.15, 0.2) is 5.96 Å². The number of piperidine rings is 1. The molecule has 1 N–H and O–H groups in total. The van der Waals surface area contributed by atoms with Gasteiger partial charge in [-0.2, -0.15) is 0 Å². The first-order valence-electron chi connectivity index (χ1n) is 11.3. The van der Waals surface area contributed by atoms with Crippen molar-refractivity contribution in [2.75, 3.05) is 26.2 Å². The van der Waals surface area contributed by atoms with Gasteiger partial charge in [-0.3, -0.25) is 4.98 Å². The van der Waals surface area contributed by atoms with E-state index in [0.29, 0.717) is 12.5 Å². The predicted molar refractivity (Wildman–Crippen MR) is 135 cm³/mol. The number of hydrogen-bond donors (Lipinski definition) is 1. The van der Waals surface area contributed by atoms with Gasteiger partial charge in [-0.25, -0.2) is 9.79 Å². The Labute approximate surface area is 204 Å². The summed E-state index contributed by atoms with van der Waals surface area (Å²) in [6.07, 6.45) is 5.95. The molecule has 1 aromatic heterocycles. The fourth-order valence-corrected chi connectivity index (χ4v) is 3.73. The lowest BCUT2D eigenvalue weighted by Crippen LogP contribution is -2.52. The minimum Gasteiger partial charge on any atom is -0.444 e. The maximum absolute atomic E-state index is 12.8. The molecule has 1 aliphatic carbocycles. The maximum Gasteiger partial charge on any atom is 0.410 e. The number of aromatic nitrogens is 1. The third-order valence-corrected chi connectivity index (χ3v) is 5.44. The fourth-order valence-electron chi connectivity index (χ4n) is 3.73. The molecule has 0 bridgehead atoms. The van der Waals surface area contributed by atoms with E-state index in [1.807, 2.05) is 43.9 Å². The molecule has 0 radical (unpaired) electrons. The Hall–Kier alpha value is -1.58. The SMILES string of the molecule is CCNC(=NCc1ccccn1)N1CCC(N(CC2CC2)C(=O)OC(C)(C)C)CC1.I. The third kappa shape index (κ3) is 8.46. The molecule has 1 aliphatic heterocycles. The minimum absolute atomic E-state index is 0. The van der Waals surface area contributed by atoms with E-state index in [4.69, 9.17) is 9.73 Å². The van der Waals surface area contributed by atoms with Gasteiger partial charge in [0.25, 0.3) is 0 Å². The van der Waals surface area contributed by atoms with Crippen LogP contribution in [0, 0.1) is 5.92 Å². The van der Waals surface area contributed by atoms with Crippen molar-refractivity contribution in [3.05, 3.63) is 30.1 Å². The summed E-state index contributed by atoms with van der Waals surface area (Å²) in [5.74, 6) is 1.57. The molecule has 3 rings (SSSR count). The van der Waals surface area contributed by atoms with Gasteiger partial charge < -0.3 is 19.9 Å². The van der Waals surface area contributed by atoms with Gasteiger partial charge in [0.05, 0.1) is 12.2 Å². The number of nitrogens with zero attached hydrogens (tertiary/aromatic N) is 4. The molecule has 1 amide bonds. The van der Waals surface area contributed by atoms with E-state index >= 15 is 0 Å². The highest BCUT2D eigenvalue weighted by molar-refractivity contribution is 14.0. The van der Waals surface area contributed by atoms with Crippen LogP contribution in [0.2, 0.25) is 0 Å². The topological polar surface area (TPSA) is 70.1 Å². The summed E-state index contributed by atoms with van der Waals surface area (Å²) < 4.78 is 5.71. The van der Waals surface area contributed by atoms with Gasteiger partial charge in [-0.1, -0.05) is 6.07 Å². The predicted octanol–water partition coefficient (Wildman–Crippen LogP) is 4.28. The van der Waals surface area contributed by atoms with E-state index in [1.54, 1.807) is 6.20 Å². The lowest BCUT2D eigenvalue weighted by Gasteiger charge is -2.40. The summed E-state index contributed by atoms with van der Waals surface area (Å²) in [5, 5.41) is 3.41. The van der Waals surface area contributed by atoms with Gasteiger partial charge in [0.2, 0.25) is 0 Å². The lowest BCUT2D eigenvalue weighted by molar-refractivity contribution is 0.00928. The molecule has 31 heavy (non-hydrogen) atoms. The minimum atomic E-state index is -0.462. The van der Waals surface area contributed by atoms with Gasteiger partial charge in [-0.05, 0) is 71.4 Å². The normalized spacial score (nSPS) is 17.7. The zero-order valence-electron chi connectivity index (χ0n) is 19.3. The zero-order chi connectivity index (χ0) is 21.6. The molecule has 1 aromatic rings. The van der Waals surface area contributed by atoms with Crippen molar-refractivity contribution < 1.29 is 9.53 Å². The molecule has 2 aliphatic rings. The Morgan fingerprint density at radius 2 is 1.97 bits per heavy atom. The van der Waals surface area contributed by atoms with Crippen molar-refractivity contribution in [3.63, 3.8) is 0 Å². The number of likely N-dealkylation sites (tertiary alicyclic amines) is 1. The summed E-state index contributed by atoms with van der Waals surface area (Å²) in [6.45, 7) is 11.9. The second kappa shape index (κ2) is 11.9. The molecule has 0 spiro atoms. The number of carbonyl (C=O) groups is 1. The highest BCUT2D eigenvalue weighted by Gasteiger charge is 2.35. The summed E-state index contributed by atoms with van der Waals surface area (Å²) >= 11 is 0. The molecule has 0 unspecified atom stereocenters. The van der Waals surface area contributed by atoms with Crippen LogP contribution < -0.4 is 5.32 Å². The molecule has 7 nitrogen and oxygen atoms in total. The van der Waals surface area contributed by atoms with Crippen LogP contribution in [0.3, 0.4) is 0 Å². The van der Waals surface area contributed by atoms with Crippen molar-refractivity contribution in [1.29, 1.82) is 0 Å². The van der Waals surface area contributed by atoms with Crippen LogP contribution in [-0.4, -0.2) is 64.7 Å². The standard InChI is InChI=1S/C23H37N5O2.HI/c1-5-24-21(26-16-19-8-6-7-13-25-19)27-14-11-20(12-15-27)28(17-18-9-10-18)22(29)30-23(2,3)4;/h6-8,13,18,20H,5,9-12,14-17H2,1-4H3,(H,24,26);1H. The first kappa shape index (κ1) is 25.7. The smallest absolute Gasteiger partial charge is 0.410 e. The largest absolute Gasteiger partial charge is 0.444 e. The first-order chi connectivity index (χ1) is 14.4. The van der Waals surface area contributed by atoms with Gasteiger partial charge in [-0.15, -0.1) is 24.0 Å². The average Bonchev–Trinajstić information content (AvgIpc) is 3.53. The van der Waals surface area contributed by atoms with Gasteiger partial charge in [0.1, 0.15) is 5.60 Å². The number of hydrogen-bond acceptors (Lipinski definition) is 4. The molecule has 0 aromatic carbocycles. The first-order valence-corrected chi connectivity index (χ1v) is 11.3. The van der Waals surface area contributed by atoms with Crippen LogP contribution in [0.1, 0.15) is 59.1 Å². The van der Waals surface area contributed by atoms with Crippen LogP contribution in [0.4, 0.5) is 4.79 Å². The maximum atomic E-state index is 12.8. The van der Waals surface area contributed by atoms with Crippen molar-refractivity contribution >= 4 is 36.0 Å². The van der Waals surface area contributed by atoms with Crippen LogP contribution in [-0.2, 0) is 11.3 Å². The lowest BCUT2D eigenvalue weighted by atomic mass is 10.0. The number of halogens is 1. The van der Waals surface area contributed by atoms with Crippen molar-refractivity contribution in [1.82, 2.24) is 20.1 Å². The van der Waals surface area contributed by atoms with E-state index in [1.165, 1.54) is 12.8 Å². The van der Waals surface area contributed by atoms with Crippen LogP contribution in [0.25, 0.3) is 0 Å². The number of pyridine rings is 1. The molecule has 0 atom stereocenters. The Morgan fingerprint density at radius 1 is 1.26 bits per heavy atom. The number of ether oxygens (including phenoxy) is 1. The number of guanidine groups is 1. The highest BCUT2D eigenvalue weighted by atomic mass is 127. The Morgan fingerprint density at radius 3 is 2.52 bits per heavy atom. The summed E-state index contributed by atoms with van der Waals surface area (Å²) in [7, 11) is 0. The van der Waals surface area contributed by atoms with E-state index in [2.05, 4.69) is 22.1 Å². The Bertz CT molecular complexity index is 710. The molecular weight excluding hydrogens is 505 g/mol. The van der Waals surface area contributed by atoms with Crippen LogP contribution in [0.5, 0.6) is 0 Å². The average molecular weight is 543 g/mol. The van der Waals surface area contributed by atoms with E-state index in [-0.39, 0.29) is 36.1 Å². The quantitative estimate of drug-likeness (QED) is 0.330.